The number of sulfone groups is 1. The minimum Gasteiger partial charge on any atom is -0.489 e. The third-order valence-electron chi connectivity index (χ3n) is 9.22. The number of amides is 2. The third-order valence-corrected chi connectivity index (χ3v) is 11.1. The zero-order valence-corrected chi connectivity index (χ0v) is 33.5. The number of aliphatic carboxylic acids is 2. The molecule has 0 atom stereocenters. The normalized spacial score (nSPS) is 15.9. The molecule has 2 aromatic heterocycles. The van der Waals surface area contributed by atoms with E-state index in [9.17, 15) is 44.3 Å². The molecule has 5 N–H and O–H groups in total. The van der Waals surface area contributed by atoms with Gasteiger partial charge in [0.1, 0.15) is 29.8 Å². The molecule has 61 heavy (non-hydrogen) atoms. The highest BCUT2D eigenvalue weighted by Crippen LogP contribution is 2.34. The SMILES string of the molecule is O=C(NCCS(=O)(=O)c1ccccn1)C1=Cc2c(ncnc2Nc2ccc(OC3CCN(C(=O)C4CCCC4)CC3)c(Cl)c2)NCC1.O=C(O)C(F)(F)F.O=C(O)C(F)(F)F. The van der Waals surface area contributed by atoms with Crippen LogP contribution in [0.2, 0.25) is 5.02 Å². The molecule has 0 bridgehead atoms. The number of aromatic nitrogens is 3. The van der Waals surface area contributed by atoms with E-state index in [-0.39, 0.29) is 35.3 Å². The van der Waals surface area contributed by atoms with E-state index in [0.717, 1.165) is 38.5 Å². The maximum atomic E-state index is 13.1. The quantitative estimate of drug-likeness (QED) is 0.150. The van der Waals surface area contributed by atoms with Crippen LogP contribution in [-0.2, 0) is 29.0 Å². The number of alkyl halides is 6. The summed E-state index contributed by atoms with van der Waals surface area (Å²) in [7, 11) is -3.63. The van der Waals surface area contributed by atoms with Crippen molar-refractivity contribution in [3.63, 3.8) is 0 Å². The van der Waals surface area contributed by atoms with Gasteiger partial charge in [0.05, 0.1) is 16.3 Å². The molecule has 2 amide bonds. The Morgan fingerprint density at radius 2 is 1.56 bits per heavy atom. The number of benzene rings is 1. The van der Waals surface area contributed by atoms with Crippen LogP contribution < -0.4 is 20.7 Å². The van der Waals surface area contributed by atoms with E-state index >= 15 is 0 Å². The molecule has 2 fully saturated rings. The molecule has 4 heterocycles. The maximum Gasteiger partial charge on any atom is 0.490 e. The summed E-state index contributed by atoms with van der Waals surface area (Å²) in [5.41, 5.74) is 1.72. The van der Waals surface area contributed by atoms with Gasteiger partial charge in [-0.3, -0.25) is 9.59 Å². The van der Waals surface area contributed by atoms with E-state index < -0.39 is 34.1 Å². The highest BCUT2D eigenvalue weighted by molar-refractivity contribution is 7.91. The van der Waals surface area contributed by atoms with Gasteiger partial charge in [0.25, 0.3) is 0 Å². The lowest BCUT2D eigenvalue weighted by atomic mass is 10.0. The lowest BCUT2D eigenvalue weighted by Crippen LogP contribution is -2.44. The number of rotatable bonds is 10. The van der Waals surface area contributed by atoms with Gasteiger partial charge in [-0.2, -0.15) is 26.3 Å². The van der Waals surface area contributed by atoms with Crippen LogP contribution in [-0.4, -0.2) is 113 Å². The van der Waals surface area contributed by atoms with Crippen molar-refractivity contribution in [1.82, 2.24) is 25.2 Å². The number of carbonyl (C=O) groups excluding carboxylic acids is 2. The number of carbonyl (C=O) groups is 4. The smallest absolute Gasteiger partial charge is 0.489 e. The van der Waals surface area contributed by atoms with E-state index in [1.54, 1.807) is 24.3 Å². The van der Waals surface area contributed by atoms with Crippen LogP contribution in [0.1, 0.15) is 50.5 Å². The zero-order valence-electron chi connectivity index (χ0n) is 31.9. The number of halogens is 7. The first-order valence-corrected chi connectivity index (χ1v) is 20.5. The first kappa shape index (κ1) is 48.0. The maximum absolute atomic E-state index is 13.1. The van der Waals surface area contributed by atoms with E-state index in [1.807, 2.05) is 17.0 Å². The van der Waals surface area contributed by atoms with Crippen LogP contribution in [0, 0.1) is 5.92 Å². The fourth-order valence-corrected chi connectivity index (χ4v) is 7.49. The Labute approximate surface area is 349 Å². The fraction of sp³-hybridized carbons (Fsp3) is 0.432. The predicted molar refractivity (Wildman–Crippen MR) is 207 cm³/mol. The Kier molecular flexibility index (Phi) is 16.7. The average Bonchev–Trinajstić information content (AvgIpc) is 3.65. The number of hydrogen-bond donors (Lipinski definition) is 5. The van der Waals surface area contributed by atoms with Gasteiger partial charge in [-0.25, -0.2) is 33.0 Å². The molecule has 3 aliphatic rings. The van der Waals surface area contributed by atoms with Crippen molar-refractivity contribution in [2.24, 2.45) is 5.92 Å². The molecule has 3 aromatic rings. The van der Waals surface area contributed by atoms with Gasteiger partial charge in [0, 0.05) is 62.4 Å². The van der Waals surface area contributed by atoms with E-state index in [2.05, 4.69) is 30.9 Å². The second kappa shape index (κ2) is 21.2. The largest absolute Gasteiger partial charge is 0.490 e. The Balaban J connectivity index is 0.000000504. The number of hydrogen-bond acceptors (Lipinski definition) is 12. The third kappa shape index (κ3) is 14.5. The number of ether oxygens (including phenoxy) is 1. The molecule has 6 rings (SSSR count). The van der Waals surface area contributed by atoms with Gasteiger partial charge in [-0.05, 0) is 55.7 Å². The second-order valence-corrected chi connectivity index (χ2v) is 16.0. The number of nitrogens with zero attached hydrogens (tertiary/aromatic N) is 4. The van der Waals surface area contributed by atoms with Crippen LogP contribution in [0.15, 0.2) is 59.5 Å². The molecule has 16 nitrogen and oxygen atoms in total. The van der Waals surface area contributed by atoms with Gasteiger partial charge in [-0.1, -0.05) is 30.5 Å². The van der Waals surface area contributed by atoms with Gasteiger partial charge in [0.15, 0.2) is 14.9 Å². The Morgan fingerprint density at radius 3 is 2.13 bits per heavy atom. The van der Waals surface area contributed by atoms with Gasteiger partial charge in [0.2, 0.25) is 11.8 Å². The molecule has 1 aromatic carbocycles. The minimum atomic E-state index is -5.08. The van der Waals surface area contributed by atoms with Gasteiger partial charge < -0.3 is 35.8 Å². The monoisotopic (exact) mass is 907 g/mol. The second-order valence-electron chi connectivity index (χ2n) is 13.6. The summed E-state index contributed by atoms with van der Waals surface area (Å²) in [6.07, 6.45) is 0.610. The minimum absolute atomic E-state index is 0.0209. The summed E-state index contributed by atoms with van der Waals surface area (Å²) in [6, 6.07) is 10.1. The van der Waals surface area contributed by atoms with Crippen molar-refractivity contribution in [1.29, 1.82) is 0 Å². The van der Waals surface area contributed by atoms with Crippen molar-refractivity contribution in [2.75, 3.05) is 42.6 Å². The zero-order chi connectivity index (χ0) is 45.0. The number of carboxylic acids is 2. The number of pyridine rings is 1. The first-order chi connectivity index (χ1) is 28.7. The molecule has 1 aliphatic carbocycles. The molecule has 0 spiro atoms. The summed E-state index contributed by atoms with van der Waals surface area (Å²) >= 11 is 6.65. The molecule has 0 radical (unpaired) electrons. The van der Waals surface area contributed by atoms with Crippen LogP contribution in [0.4, 0.5) is 43.7 Å². The summed E-state index contributed by atoms with van der Waals surface area (Å²) in [5.74, 6) is -4.07. The highest BCUT2D eigenvalue weighted by Gasteiger charge is 2.39. The Morgan fingerprint density at radius 1 is 0.918 bits per heavy atom. The lowest BCUT2D eigenvalue weighted by molar-refractivity contribution is -0.193. The molecule has 2 aliphatic heterocycles. The van der Waals surface area contributed by atoms with E-state index in [0.29, 0.717) is 71.2 Å². The Bertz CT molecular complexity index is 2140. The van der Waals surface area contributed by atoms with Crippen molar-refractivity contribution in [3.05, 3.63) is 65.1 Å². The lowest BCUT2D eigenvalue weighted by Gasteiger charge is -2.33. The van der Waals surface area contributed by atoms with Gasteiger partial charge >= 0.3 is 24.3 Å². The number of piperidine rings is 1. The molecular formula is C37H40ClF6N7O9S. The van der Waals surface area contributed by atoms with Crippen molar-refractivity contribution in [2.45, 2.75) is 68.4 Å². The van der Waals surface area contributed by atoms with Crippen molar-refractivity contribution in [3.8, 4) is 5.75 Å². The first-order valence-electron chi connectivity index (χ1n) is 18.5. The molecule has 1 saturated carbocycles. The van der Waals surface area contributed by atoms with Crippen LogP contribution in [0.5, 0.6) is 5.75 Å². The predicted octanol–water partition coefficient (Wildman–Crippen LogP) is 5.88. The molecule has 24 heteroatoms. The molecular weight excluding hydrogens is 868 g/mol. The topological polar surface area (TPSA) is 230 Å². The standard InChI is InChI=1S/C33H38ClN7O5S.2C2HF3O2/c34-27-20-24(8-9-28(27)46-25-11-16-41(17-12-25)33(43)22-5-1-2-6-22)40-31-26-19-23(10-14-36-30(26)38-21-39-31)32(42)37-15-18-47(44,45)29-7-3-4-13-35-29;2*3-2(4,5)1(6)7/h3-4,7-9,13,19-22,25H,1-2,5-6,10-12,14-18H2,(H,37,42)(H2,36,38,39,40);2*(H,6,7). The Hall–Kier alpha value is -5.71. The molecule has 0 unspecified atom stereocenters. The number of nitrogens with one attached hydrogen (secondary N) is 3. The van der Waals surface area contributed by atoms with Crippen LogP contribution in [0.25, 0.3) is 6.08 Å². The summed E-state index contributed by atoms with van der Waals surface area (Å²) < 4.78 is 94.8. The van der Waals surface area contributed by atoms with E-state index in [4.69, 9.17) is 36.1 Å². The van der Waals surface area contributed by atoms with Gasteiger partial charge in [-0.15, -0.1) is 0 Å². The highest BCUT2D eigenvalue weighted by atomic mass is 35.5. The molecule has 332 valence electrons. The number of likely N-dealkylation sites (tertiary alicyclic amines) is 1. The summed E-state index contributed by atoms with van der Waals surface area (Å²) in [6.45, 7) is 1.79. The van der Waals surface area contributed by atoms with E-state index in [1.165, 1.54) is 18.6 Å². The number of fused-ring (bicyclic) bond motifs is 1. The van der Waals surface area contributed by atoms with Crippen molar-refractivity contribution >= 4 is 68.6 Å². The number of carboxylic acid groups (broad SMARTS) is 2. The van der Waals surface area contributed by atoms with Crippen LogP contribution >= 0.6 is 11.6 Å². The molecule has 1 saturated heterocycles. The summed E-state index contributed by atoms with van der Waals surface area (Å²) in [4.78, 5) is 58.3. The average molecular weight is 908 g/mol. The fourth-order valence-electron chi connectivity index (χ4n) is 6.18. The van der Waals surface area contributed by atoms with Crippen LogP contribution in [0.3, 0.4) is 0 Å². The summed E-state index contributed by atoms with van der Waals surface area (Å²) in [5, 5.41) is 23.9. The van der Waals surface area contributed by atoms with Crippen molar-refractivity contribution < 1.29 is 68.9 Å². The number of anilines is 3.